The number of rotatable bonds is 5. The quantitative estimate of drug-likeness (QED) is 0.184. The van der Waals surface area contributed by atoms with Crippen molar-refractivity contribution in [2.75, 3.05) is 0 Å². The van der Waals surface area contributed by atoms with Crippen LogP contribution >= 0.6 is 0 Å². The number of pyridine rings is 1. The average molecular weight is 637 g/mol. The predicted molar refractivity (Wildman–Crippen MR) is 206 cm³/mol. The monoisotopic (exact) mass is 636 g/mol. The molecule has 2 nitrogen and oxygen atoms in total. The van der Waals surface area contributed by atoms with Gasteiger partial charge in [0.15, 0.2) is 0 Å². The molecule has 50 heavy (non-hydrogen) atoms. The third-order valence-electron chi connectivity index (χ3n) is 10.5. The Labute approximate surface area is 291 Å². The summed E-state index contributed by atoms with van der Waals surface area (Å²) in [6, 6.07) is 70.4. The SMILES string of the molecule is c1ccc(-c2nn3c(-c4ccccc4)cc4ccccc4c3c2-c2ccc3c(c2)C(c2ccccc2)(c2ccccc2)c2ccccc2-3)cc1. The van der Waals surface area contributed by atoms with E-state index >= 15 is 0 Å². The van der Waals surface area contributed by atoms with E-state index < -0.39 is 5.41 Å². The Morgan fingerprint density at radius 3 is 1.68 bits per heavy atom. The zero-order valence-corrected chi connectivity index (χ0v) is 27.4. The molecule has 1 aliphatic rings. The van der Waals surface area contributed by atoms with Gasteiger partial charge in [-0.25, -0.2) is 4.52 Å². The highest BCUT2D eigenvalue weighted by Gasteiger charge is 2.46. The molecule has 0 fully saturated rings. The van der Waals surface area contributed by atoms with Crippen molar-refractivity contribution in [1.82, 2.24) is 9.61 Å². The molecule has 2 heteroatoms. The van der Waals surface area contributed by atoms with Gasteiger partial charge in [0.25, 0.3) is 0 Å². The van der Waals surface area contributed by atoms with E-state index in [1.54, 1.807) is 0 Å². The number of fused-ring (bicyclic) bond motifs is 6. The molecule has 2 aromatic heterocycles. The smallest absolute Gasteiger partial charge is 0.101 e. The molecule has 0 amide bonds. The van der Waals surface area contributed by atoms with Gasteiger partial charge in [0.2, 0.25) is 0 Å². The van der Waals surface area contributed by atoms with Crippen LogP contribution in [0.5, 0.6) is 0 Å². The van der Waals surface area contributed by atoms with Crippen LogP contribution in [0.15, 0.2) is 194 Å². The number of hydrogen-bond donors (Lipinski definition) is 0. The fraction of sp³-hybridized carbons (Fsp3) is 0.0208. The maximum Gasteiger partial charge on any atom is 0.101 e. The molecular weight excluding hydrogens is 605 g/mol. The van der Waals surface area contributed by atoms with Crippen molar-refractivity contribution >= 4 is 16.3 Å². The van der Waals surface area contributed by atoms with Gasteiger partial charge >= 0.3 is 0 Å². The second-order valence-electron chi connectivity index (χ2n) is 13.1. The molecule has 0 N–H and O–H groups in total. The van der Waals surface area contributed by atoms with Crippen LogP contribution in [0, 0.1) is 0 Å². The highest BCUT2D eigenvalue weighted by molar-refractivity contribution is 6.09. The van der Waals surface area contributed by atoms with E-state index in [1.165, 1.54) is 44.2 Å². The molecule has 0 unspecified atom stereocenters. The number of aromatic nitrogens is 2. The summed E-state index contributed by atoms with van der Waals surface area (Å²) in [4.78, 5) is 0. The standard InChI is InChI=1S/C48H32N2/c1-5-17-33(18-6-1)44-32-35-21-13-14-26-39(35)47-45(46(49-50(44)47)34-19-7-2-8-20-34)36-29-30-41-40-27-15-16-28-42(40)48(43(41)31-36,37-22-9-3-10-23-37)38-24-11-4-12-25-38/h1-32H. The molecule has 0 aliphatic heterocycles. The first-order valence-electron chi connectivity index (χ1n) is 17.2. The van der Waals surface area contributed by atoms with Gasteiger partial charge in [-0.1, -0.05) is 182 Å². The summed E-state index contributed by atoms with van der Waals surface area (Å²) in [5.74, 6) is 0. The molecule has 0 radical (unpaired) electrons. The molecule has 0 bridgehead atoms. The van der Waals surface area contributed by atoms with Crippen molar-refractivity contribution in [3.8, 4) is 44.8 Å². The summed E-state index contributed by atoms with van der Waals surface area (Å²) >= 11 is 0. The minimum atomic E-state index is -0.488. The van der Waals surface area contributed by atoms with E-state index in [0.29, 0.717) is 0 Å². The second kappa shape index (κ2) is 11.3. The van der Waals surface area contributed by atoms with Gasteiger partial charge < -0.3 is 0 Å². The molecule has 1 aliphatic carbocycles. The van der Waals surface area contributed by atoms with Gasteiger partial charge in [0.1, 0.15) is 5.69 Å². The van der Waals surface area contributed by atoms with E-state index in [2.05, 4.69) is 199 Å². The number of benzene rings is 7. The Morgan fingerprint density at radius 2 is 0.980 bits per heavy atom. The topological polar surface area (TPSA) is 17.3 Å². The van der Waals surface area contributed by atoms with Crippen LogP contribution in [0.3, 0.4) is 0 Å². The normalized spacial score (nSPS) is 13.0. The van der Waals surface area contributed by atoms with Crippen molar-refractivity contribution < 1.29 is 0 Å². The van der Waals surface area contributed by atoms with Crippen molar-refractivity contribution in [1.29, 1.82) is 0 Å². The summed E-state index contributed by atoms with van der Waals surface area (Å²) < 4.78 is 2.18. The Kier molecular flexibility index (Phi) is 6.43. The van der Waals surface area contributed by atoms with E-state index in [4.69, 9.17) is 5.10 Å². The van der Waals surface area contributed by atoms with E-state index in [-0.39, 0.29) is 0 Å². The maximum absolute atomic E-state index is 5.49. The van der Waals surface area contributed by atoms with Gasteiger partial charge in [0.05, 0.1) is 16.6 Å². The third-order valence-corrected chi connectivity index (χ3v) is 10.5. The molecule has 2 heterocycles. The Balaban J connectivity index is 1.35. The lowest BCUT2D eigenvalue weighted by atomic mass is 9.67. The van der Waals surface area contributed by atoms with E-state index in [1.807, 2.05) is 0 Å². The molecule has 0 spiro atoms. The van der Waals surface area contributed by atoms with Crippen molar-refractivity contribution in [3.05, 3.63) is 216 Å². The molecule has 0 saturated carbocycles. The summed E-state index contributed by atoms with van der Waals surface area (Å²) in [5, 5.41) is 7.86. The van der Waals surface area contributed by atoms with Crippen LogP contribution < -0.4 is 0 Å². The molecular formula is C48H32N2. The van der Waals surface area contributed by atoms with Gasteiger partial charge in [0, 0.05) is 22.1 Å². The van der Waals surface area contributed by atoms with Crippen molar-refractivity contribution in [2.24, 2.45) is 0 Å². The minimum absolute atomic E-state index is 0.488. The summed E-state index contributed by atoms with van der Waals surface area (Å²) in [6.45, 7) is 0. The number of nitrogens with zero attached hydrogens (tertiary/aromatic N) is 2. The van der Waals surface area contributed by atoms with Crippen LogP contribution in [-0.4, -0.2) is 9.61 Å². The van der Waals surface area contributed by atoms with Crippen LogP contribution in [0.4, 0.5) is 0 Å². The first-order chi connectivity index (χ1) is 24.8. The Bertz CT molecular complexity index is 2630. The lowest BCUT2D eigenvalue weighted by Gasteiger charge is -2.34. The Hall–Kier alpha value is -6.51. The highest BCUT2D eigenvalue weighted by Crippen LogP contribution is 2.57. The summed E-state index contributed by atoms with van der Waals surface area (Å²) in [6.07, 6.45) is 0. The zero-order valence-electron chi connectivity index (χ0n) is 27.4. The van der Waals surface area contributed by atoms with Crippen LogP contribution in [0.25, 0.3) is 61.1 Å². The molecule has 9 aromatic rings. The first kappa shape index (κ1) is 28.5. The van der Waals surface area contributed by atoms with Crippen LogP contribution in [0.1, 0.15) is 22.3 Å². The Morgan fingerprint density at radius 1 is 0.420 bits per heavy atom. The van der Waals surface area contributed by atoms with Crippen LogP contribution in [-0.2, 0) is 5.41 Å². The van der Waals surface area contributed by atoms with Crippen molar-refractivity contribution in [2.45, 2.75) is 5.41 Å². The van der Waals surface area contributed by atoms with Gasteiger partial charge in [-0.15, -0.1) is 0 Å². The maximum atomic E-state index is 5.49. The molecule has 234 valence electrons. The zero-order chi connectivity index (χ0) is 33.1. The summed E-state index contributed by atoms with van der Waals surface area (Å²) in [7, 11) is 0. The fourth-order valence-corrected chi connectivity index (χ4v) is 8.37. The van der Waals surface area contributed by atoms with Gasteiger partial charge in [-0.05, 0) is 56.5 Å². The minimum Gasteiger partial charge on any atom is -0.231 e. The lowest BCUT2D eigenvalue weighted by Crippen LogP contribution is -2.28. The van der Waals surface area contributed by atoms with E-state index in [9.17, 15) is 0 Å². The third kappa shape index (κ3) is 4.12. The largest absolute Gasteiger partial charge is 0.231 e. The highest BCUT2D eigenvalue weighted by atomic mass is 15.2. The summed E-state index contributed by atoms with van der Waals surface area (Å²) in [5.41, 5.74) is 14.8. The fourth-order valence-electron chi connectivity index (χ4n) is 8.37. The van der Waals surface area contributed by atoms with Crippen molar-refractivity contribution in [3.63, 3.8) is 0 Å². The second-order valence-corrected chi connectivity index (χ2v) is 13.1. The van der Waals surface area contributed by atoms with Crippen LogP contribution in [0.2, 0.25) is 0 Å². The molecule has 10 rings (SSSR count). The average Bonchev–Trinajstić information content (AvgIpc) is 3.74. The predicted octanol–water partition coefficient (Wildman–Crippen LogP) is 11.9. The molecule has 7 aromatic carbocycles. The van der Waals surface area contributed by atoms with Gasteiger partial charge in [-0.3, -0.25) is 0 Å². The first-order valence-corrected chi connectivity index (χ1v) is 17.2. The lowest BCUT2D eigenvalue weighted by molar-refractivity contribution is 0.769. The van der Waals surface area contributed by atoms with E-state index in [0.717, 1.165) is 39.2 Å². The van der Waals surface area contributed by atoms with Gasteiger partial charge in [-0.2, -0.15) is 5.10 Å². The number of hydrogen-bond acceptors (Lipinski definition) is 1. The molecule has 0 atom stereocenters. The molecule has 0 saturated heterocycles.